The van der Waals surface area contributed by atoms with Crippen LogP contribution >= 0.6 is 0 Å². The van der Waals surface area contributed by atoms with Crippen molar-refractivity contribution in [3.05, 3.63) is 71.1 Å². The van der Waals surface area contributed by atoms with Crippen LogP contribution in [0, 0.1) is 19.8 Å². The number of furan rings is 1. The van der Waals surface area contributed by atoms with Crippen molar-refractivity contribution in [2.75, 3.05) is 13.1 Å². The SMILES string of the molecule is Cc1c(-c2noc(C(=O)N3CCC(Cc4ccccc4)CC3)n2)oc2c(C)cccc12. The van der Waals surface area contributed by atoms with Gasteiger partial charge in [-0.05, 0) is 50.2 Å². The molecular formula is C25H25N3O3. The molecule has 2 aromatic heterocycles. The van der Waals surface area contributed by atoms with Gasteiger partial charge in [-0.25, -0.2) is 0 Å². The van der Waals surface area contributed by atoms with Gasteiger partial charge in [0.2, 0.25) is 5.82 Å². The van der Waals surface area contributed by atoms with E-state index in [9.17, 15) is 4.79 Å². The Morgan fingerprint density at radius 2 is 1.84 bits per heavy atom. The number of piperidine rings is 1. The van der Waals surface area contributed by atoms with E-state index in [-0.39, 0.29) is 11.8 Å². The summed E-state index contributed by atoms with van der Waals surface area (Å²) >= 11 is 0. The number of amides is 1. The lowest BCUT2D eigenvalue weighted by Crippen LogP contribution is -2.39. The van der Waals surface area contributed by atoms with Crippen LogP contribution in [0.5, 0.6) is 0 Å². The molecule has 0 spiro atoms. The van der Waals surface area contributed by atoms with Gasteiger partial charge in [0.15, 0.2) is 5.76 Å². The van der Waals surface area contributed by atoms with Crippen LogP contribution < -0.4 is 0 Å². The van der Waals surface area contributed by atoms with Crippen molar-refractivity contribution in [2.24, 2.45) is 5.92 Å². The minimum Gasteiger partial charge on any atom is -0.452 e. The number of aryl methyl sites for hydroxylation is 2. The zero-order valence-corrected chi connectivity index (χ0v) is 17.8. The Balaban J connectivity index is 1.28. The Bertz CT molecular complexity index is 1220. The molecule has 3 heterocycles. The maximum absolute atomic E-state index is 12.9. The molecule has 6 heteroatoms. The highest BCUT2D eigenvalue weighted by atomic mass is 16.5. The maximum Gasteiger partial charge on any atom is 0.316 e. The fourth-order valence-electron chi connectivity index (χ4n) is 4.42. The number of aromatic nitrogens is 2. The molecule has 6 nitrogen and oxygen atoms in total. The first-order chi connectivity index (χ1) is 15.1. The standard InChI is InChI=1S/C25H25N3O3/c1-16-7-6-10-20-17(2)22(30-21(16)20)23-26-24(31-27-23)25(29)28-13-11-19(12-14-28)15-18-8-4-3-5-9-18/h3-10,19H,11-15H2,1-2H3. The van der Waals surface area contributed by atoms with Crippen LogP contribution in [-0.4, -0.2) is 34.0 Å². The van der Waals surface area contributed by atoms with E-state index in [1.165, 1.54) is 5.56 Å². The molecule has 1 saturated heterocycles. The number of hydrogen-bond donors (Lipinski definition) is 0. The Labute approximate surface area is 180 Å². The van der Waals surface area contributed by atoms with Gasteiger partial charge in [-0.3, -0.25) is 4.79 Å². The molecule has 31 heavy (non-hydrogen) atoms. The predicted molar refractivity (Wildman–Crippen MR) is 118 cm³/mol. The number of likely N-dealkylation sites (tertiary alicyclic amines) is 1. The Morgan fingerprint density at radius 1 is 1.06 bits per heavy atom. The van der Waals surface area contributed by atoms with E-state index >= 15 is 0 Å². The number of benzene rings is 2. The molecule has 0 unspecified atom stereocenters. The van der Waals surface area contributed by atoms with E-state index in [0.717, 1.165) is 41.4 Å². The molecule has 1 aliphatic heterocycles. The summed E-state index contributed by atoms with van der Waals surface area (Å²) in [6.45, 7) is 5.38. The molecule has 1 aliphatic rings. The van der Waals surface area contributed by atoms with Gasteiger partial charge in [0.25, 0.3) is 0 Å². The van der Waals surface area contributed by atoms with Crippen LogP contribution in [0.4, 0.5) is 0 Å². The molecule has 1 fully saturated rings. The Morgan fingerprint density at radius 3 is 2.58 bits per heavy atom. The van der Waals surface area contributed by atoms with Gasteiger partial charge in [-0.2, -0.15) is 4.98 Å². The third kappa shape index (κ3) is 3.74. The third-order valence-corrected chi connectivity index (χ3v) is 6.24. The van der Waals surface area contributed by atoms with Gasteiger partial charge in [-0.1, -0.05) is 53.7 Å². The Kier molecular flexibility index (Phi) is 5.06. The first kappa shape index (κ1) is 19.5. The van der Waals surface area contributed by atoms with Crippen LogP contribution in [-0.2, 0) is 6.42 Å². The Hall–Kier alpha value is -3.41. The van der Waals surface area contributed by atoms with Crippen molar-refractivity contribution in [3.63, 3.8) is 0 Å². The summed E-state index contributed by atoms with van der Waals surface area (Å²) in [5.41, 5.74) is 4.16. The molecule has 0 saturated carbocycles. The highest BCUT2D eigenvalue weighted by Gasteiger charge is 2.28. The first-order valence-electron chi connectivity index (χ1n) is 10.8. The lowest BCUT2D eigenvalue weighted by Gasteiger charge is -2.31. The van der Waals surface area contributed by atoms with Gasteiger partial charge in [0.1, 0.15) is 5.58 Å². The highest BCUT2D eigenvalue weighted by molar-refractivity contribution is 5.91. The summed E-state index contributed by atoms with van der Waals surface area (Å²) < 4.78 is 11.3. The van der Waals surface area contributed by atoms with E-state index < -0.39 is 0 Å². The molecule has 4 aromatic rings. The van der Waals surface area contributed by atoms with Crippen LogP contribution in [0.15, 0.2) is 57.5 Å². The second-order valence-corrected chi connectivity index (χ2v) is 8.36. The minimum atomic E-state index is -0.207. The van der Waals surface area contributed by atoms with Gasteiger partial charge < -0.3 is 13.8 Å². The topological polar surface area (TPSA) is 72.4 Å². The zero-order valence-electron chi connectivity index (χ0n) is 17.8. The average Bonchev–Trinajstić information content (AvgIpc) is 3.41. The van der Waals surface area contributed by atoms with E-state index in [1.807, 2.05) is 43.0 Å². The lowest BCUT2D eigenvalue weighted by atomic mass is 9.90. The molecule has 0 bridgehead atoms. The molecule has 158 valence electrons. The first-order valence-corrected chi connectivity index (χ1v) is 10.8. The number of nitrogens with zero attached hydrogens (tertiary/aromatic N) is 3. The fraction of sp³-hybridized carbons (Fsp3) is 0.320. The van der Waals surface area contributed by atoms with Crippen molar-refractivity contribution >= 4 is 16.9 Å². The van der Waals surface area contributed by atoms with Crippen molar-refractivity contribution in [2.45, 2.75) is 33.1 Å². The zero-order chi connectivity index (χ0) is 21.4. The molecule has 0 radical (unpaired) electrons. The second kappa shape index (κ2) is 8.02. The van der Waals surface area contributed by atoms with Crippen LogP contribution in [0.2, 0.25) is 0 Å². The van der Waals surface area contributed by atoms with Crippen molar-refractivity contribution in [1.82, 2.24) is 15.0 Å². The second-order valence-electron chi connectivity index (χ2n) is 8.36. The van der Waals surface area contributed by atoms with E-state index in [1.54, 1.807) is 0 Å². The lowest BCUT2D eigenvalue weighted by molar-refractivity contribution is 0.0640. The molecule has 5 rings (SSSR count). The van der Waals surface area contributed by atoms with Crippen LogP contribution in [0.1, 0.15) is 40.2 Å². The minimum absolute atomic E-state index is 0.0214. The molecule has 1 amide bonds. The predicted octanol–water partition coefficient (Wildman–Crippen LogP) is 5.19. The number of carbonyl (C=O) groups excluding carboxylic acids is 1. The van der Waals surface area contributed by atoms with Gasteiger partial charge in [0, 0.05) is 24.0 Å². The van der Waals surface area contributed by atoms with Gasteiger partial charge >= 0.3 is 11.8 Å². The highest BCUT2D eigenvalue weighted by Crippen LogP contribution is 2.33. The van der Waals surface area contributed by atoms with E-state index in [2.05, 4.69) is 34.4 Å². The smallest absolute Gasteiger partial charge is 0.316 e. The van der Waals surface area contributed by atoms with E-state index in [0.29, 0.717) is 30.6 Å². The average molecular weight is 415 g/mol. The summed E-state index contributed by atoms with van der Waals surface area (Å²) in [5, 5.41) is 5.05. The normalized spacial score (nSPS) is 15.0. The van der Waals surface area contributed by atoms with Crippen molar-refractivity contribution in [1.29, 1.82) is 0 Å². The number of hydrogen-bond acceptors (Lipinski definition) is 5. The quantitative estimate of drug-likeness (QED) is 0.458. The maximum atomic E-state index is 12.9. The van der Waals surface area contributed by atoms with Crippen molar-refractivity contribution < 1.29 is 13.7 Å². The summed E-state index contributed by atoms with van der Waals surface area (Å²) in [6.07, 6.45) is 3.01. The fourth-order valence-corrected chi connectivity index (χ4v) is 4.42. The number of fused-ring (bicyclic) bond motifs is 1. The molecule has 0 N–H and O–H groups in total. The summed E-state index contributed by atoms with van der Waals surface area (Å²) in [6, 6.07) is 16.5. The largest absolute Gasteiger partial charge is 0.452 e. The van der Waals surface area contributed by atoms with Crippen molar-refractivity contribution in [3.8, 4) is 11.6 Å². The molecular weight excluding hydrogens is 390 g/mol. The molecule has 2 aromatic carbocycles. The summed E-state index contributed by atoms with van der Waals surface area (Å²) in [5.74, 6) is 1.27. The molecule has 0 aliphatic carbocycles. The monoisotopic (exact) mass is 415 g/mol. The van der Waals surface area contributed by atoms with Crippen LogP contribution in [0.25, 0.3) is 22.6 Å². The number of para-hydroxylation sites is 1. The van der Waals surface area contributed by atoms with Crippen LogP contribution in [0.3, 0.4) is 0 Å². The third-order valence-electron chi connectivity index (χ3n) is 6.24. The number of carbonyl (C=O) groups is 1. The van der Waals surface area contributed by atoms with E-state index in [4.69, 9.17) is 8.94 Å². The summed E-state index contributed by atoms with van der Waals surface area (Å²) in [4.78, 5) is 19.1. The van der Waals surface area contributed by atoms with Gasteiger partial charge in [0.05, 0.1) is 0 Å². The van der Waals surface area contributed by atoms with Gasteiger partial charge in [-0.15, -0.1) is 0 Å². The molecule has 0 atom stereocenters. The number of rotatable bonds is 4. The summed E-state index contributed by atoms with van der Waals surface area (Å²) in [7, 11) is 0.